The molecule has 0 saturated carbocycles. The highest BCUT2D eigenvalue weighted by molar-refractivity contribution is 5.71. The fraction of sp³-hybridized carbons (Fsp3) is 0. The van der Waals surface area contributed by atoms with Gasteiger partial charge in [-0.3, -0.25) is 4.79 Å². The van der Waals surface area contributed by atoms with Crippen molar-refractivity contribution >= 4 is 6.29 Å². The molecule has 0 amide bonds. The molecule has 0 atom stereocenters. The molecule has 10 heavy (non-hydrogen) atoms. The van der Waals surface area contributed by atoms with Crippen LogP contribution in [0, 0.1) is 10.1 Å². The number of carbonyl (C=O) groups excluding carboxylic acids is 1. The van der Waals surface area contributed by atoms with Gasteiger partial charge in [0.05, 0.1) is 6.20 Å². The molecule has 0 saturated heterocycles. The molecule has 0 aliphatic heterocycles. The van der Waals surface area contributed by atoms with E-state index in [1.165, 1.54) is 18.3 Å². The molecule has 5 heteroatoms. The van der Waals surface area contributed by atoms with Crippen molar-refractivity contribution in [3.8, 4) is 0 Å². The Morgan fingerprint density at radius 1 is 1.70 bits per heavy atom. The van der Waals surface area contributed by atoms with Crippen molar-refractivity contribution in [1.82, 2.24) is 4.68 Å². The van der Waals surface area contributed by atoms with E-state index in [0.717, 1.165) is 0 Å². The third kappa shape index (κ3) is 0.883. The maximum atomic E-state index is 10.1. The van der Waals surface area contributed by atoms with Crippen LogP contribution in [0.1, 0.15) is 10.5 Å². The lowest BCUT2D eigenvalue weighted by Gasteiger charge is -1.89. The third-order valence-corrected chi connectivity index (χ3v) is 1.06. The lowest BCUT2D eigenvalue weighted by molar-refractivity contribution is -0.542. The molecule has 0 aliphatic rings. The lowest BCUT2D eigenvalue weighted by Crippen LogP contribution is -2.09. The quantitative estimate of drug-likeness (QED) is 0.338. The summed E-state index contributed by atoms with van der Waals surface area (Å²) in [6, 6.07) is 2.81. The van der Waals surface area contributed by atoms with Gasteiger partial charge < -0.3 is 0 Å². The van der Waals surface area contributed by atoms with Gasteiger partial charge in [-0.05, 0) is 12.1 Å². The number of aromatic nitrogens is 1. The molecular formula is C5H4N2O3. The van der Waals surface area contributed by atoms with E-state index in [0.29, 0.717) is 11.0 Å². The summed E-state index contributed by atoms with van der Waals surface area (Å²) in [5, 5.41) is 9.39. The number of hydrogen-bond acceptors (Lipinski definition) is 3. The van der Waals surface area contributed by atoms with Crippen LogP contribution in [0.15, 0.2) is 18.3 Å². The standard InChI is InChI=1S/C5H4N2O3/c8-4-5-2-1-3-6(5)7(9)10/h1-4H. The van der Waals surface area contributed by atoms with Gasteiger partial charge in [-0.15, -0.1) is 0 Å². The van der Waals surface area contributed by atoms with Crippen molar-refractivity contribution in [2.24, 2.45) is 0 Å². The Hall–Kier alpha value is -1.65. The largest absolute Gasteiger partial charge is 0.296 e. The zero-order valence-corrected chi connectivity index (χ0v) is 4.93. The average molecular weight is 140 g/mol. The molecule has 0 radical (unpaired) electrons. The van der Waals surface area contributed by atoms with Crippen LogP contribution in [0.25, 0.3) is 0 Å². The molecule has 1 aromatic heterocycles. The summed E-state index contributed by atoms with van der Waals surface area (Å²) in [5.74, 6) is 0. The average Bonchev–Trinajstić information content (AvgIpc) is 2.33. The molecule has 0 aliphatic carbocycles. The molecular weight excluding hydrogens is 136 g/mol. The molecule has 0 fully saturated rings. The van der Waals surface area contributed by atoms with E-state index in [9.17, 15) is 14.9 Å². The van der Waals surface area contributed by atoms with E-state index in [1.54, 1.807) is 0 Å². The summed E-state index contributed by atoms with van der Waals surface area (Å²) in [6.07, 6.45) is 1.65. The number of rotatable bonds is 2. The summed E-state index contributed by atoms with van der Waals surface area (Å²) in [6.45, 7) is 0. The summed E-state index contributed by atoms with van der Waals surface area (Å²) >= 11 is 0. The minimum atomic E-state index is -0.663. The van der Waals surface area contributed by atoms with Crippen LogP contribution in [0.5, 0.6) is 0 Å². The molecule has 1 aromatic rings. The summed E-state index contributed by atoms with van der Waals surface area (Å²) in [7, 11) is 0. The van der Waals surface area contributed by atoms with E-state index >= 15 is 0 Å². The fourth-order valence-electron chi connectivity index (χ4n) is 0.628. The number of carbonyl (C=O) groups is 1. The highest BCUT2D eigenvalue weighted by Crippen LogP contribution is 1.96. The summed E-state index contributed by atoms with van der Waals surface area (Å²) < 4.78 is 0.660. The first-order valence-electron chi connectivity index (χ1n) is 2.53. The van der Waals surface area contributed by atoms with Crippen molar-refractivity contribution in [2.75, 3.05) is 0 Å². The van der Waals surface area contributed by atoms with Crippen LogP contribution in [0.4, 0.5) is 0 Å². The van der Waals surface area contributed by atoms with Gasteiger partial charge in [-0.1, -0.05) is 4.68 Å². The molecule has 0 aromatic carbocycles. The number of aldehydes is 1. The number of hydrogen-bond donors (Lipinski definition) is 0. The van der Waals surface area contributed by atoms with E-state index in [2.05, 4.69) is 0 Å². The minimum absolute atomic E-state index is 0.0463. The topological polar surface area (TPSA) is 65.1 Å². The van der Waals surface area contributed by atoms with Gasteiger partial charge >= 0.3 is 0 Å². The Balaban J connectivity index is 3.13. The van der Waals surface area contributed by atoms with E-state index in [4.69, 9.17) is 0 Å². The van der Waals surface area contributed by atoms with Crippen molar-refractivity contribution < 1.29 is 9.83 Å². The molecule has 1 rings (SSSR count). The van der Waals surface area contributed by atoms with Gasteiger partial charge in [0.25, 0.3) is 0 Å². The normalized spacial score (nSPS) is 9.20. The van der Waals surface area contributed by atoms with Crippen molar-refractivity contribution in [1.29, 1.82) is 0 Å². The van der Waals surface area contributed by atoms with Crippen molar-refractivity contribution in [3.05, 3.63) is 34.1 Å². The molecule has 52 valence electrons. The van der Waals surface area contributed by atoms with Gasteiger partial charge in [0.15, 0.2) is 11.3 Å². The second kappa shape index (κ2) is 2.30. The fourth-order valence-corrected chi connectivity index (χ4v) is 0.628. The monoisotopic (exact) mass is 140 g/mol. The zero-order valence-electron chi connectivity index (χ0n) is 4.93. The van der Waals surface area contributed by atoms with Gasteiger partial charge in [0, 0.05) is 0 Å². The minimum Gasteiger partial charge on any atom is -0.296 e. The van der Waals surface area contributed by atoms with Crippen molar-refractivity contribution in [2.45, 2.75) is 0 Å². The molecule has 0 bridgehead atoms. The molecule has 0 spiro atoms. The molecule has 5 nitrogen and oxygen atoms in total. The van der Waals surface area contributed by atoms with Crippen LogP contribution >= 0.6 is 0 Å². The Bertz CT molecular complexity index is 266. The first kappa shape index (κ1) is 6.47. The van der Waals surface area contributed by atoms with Crippen LogP contribution < -0.4 is 0 Å². The van der Waals surface area contributed by atoms with Crippen molar-refractivity contribution in [3.63, 3.8) is 0 Å². The smallest absolute Gasteiger partial charge is 0.172 e. The molecule has 0 unspecified atom stereocenters. The molecule has 1 heterocycles. The predicted molar refractivity (Wildman–Crippen MR) is 32.2 cm³/mol. The van der Waals surface area contributed by atoms with E-state index in [1.807, 2.05) is 0 Å². The maximum absolute atomic E-state index is 10.1. The Morgan fingerprint density at radius 3 is 2.80 bits per heavy atom. The van der Waals surface area contributed by atoms with Crippen LogP contribution in [-0.2, 0) is 0 Å². The van der Waals surface area contributed by atoms with E-state index < -0.39 is 5.03 Å². The highest BCUT2D eigenvalue weighted by atomic mass is 16.7. The van der Waals surface area contributed by atoms with Gasteiger partial charge in [0.2, 0.25) is 0 Å². The first-order chi connectivity index (χ1) is 4.75. The predicted octanol–water partition coefficient (Wildman–Crippen LogP) is 0.340. The zero-order chi connectivity index (χ0) is 7.56. The Kier molecular flexibility index (Phi) is 1.49. The summed E-state index contributed by atoms with van der Waals surface area (Å²) in [5.41, 5.74) is 0.0463. The van der Waals surface area contributed by atoms with Crippen LogP contribution in [0.3, 0.4) is 0 Å². The second-order valence-corrected chi connectivity index (χ2v) is 1.63. The summed E-state index contributed by atoms with van der Waals surface area (Å²) in [4.78, 5) is 20.1. The Labute approximate surface area is 56.0 Å². The third-order valence-electron chi connectivity index (χ3n) is 1.06. The van der Waals surface area contributed by atoms with Crippen LogP contribution in [-0.4, -0.2) is 16.0 Å². The maximum Gasteiger partial charge on any atom is 0.172 e. The van der Waals surface area contributed by atoms with Crippen LogP contribution in [0.2, 0.25) is 0 Å². The van der Waals surface area contributed by atoms with E-state index in [-0.39, 0.29) is 5.69 Å². The van der Waals surface area contributed by atoms with Gasteiger partial charge in [-0.25, -0.2) is 10.1 Å². The highest BCUT2D eigenvalue weighted by Gasteiger charge is 2.05. The Morgan fingerprint density at radius 2 is 2.40 bits per heavy atom. The first-order valence-corrected chi connectivity index (χ1v) is 2.53. The van der Waals surface area contributed by atoms with Gasteiger partial charge in [-0.2, -0.15) is 0 Å². The molecule has 0 N–H and O–H groups in total. The SMILES string of the molecule is O=Cc1cccn1[N+](=O)[O-]. The number of nitrogens with zero attached hydrogens (tertiary/aromatic N) is 2. The second-order valence-electron chi connectivity index (χ2n) is 1.63. The lowest BCUT2D eigenvalue weighted by atomic mass is 10.5. The van der Waals surface area contributed by atoms with Gasteiger partial charge in [0.1, 0.15) is 5.69 Å². The number of nitro groups is 1.